The van der Waals surface area contributed by atoms with Crippen LogP contribution >= 0.6 is 11.3 Å². The van der Waals surface area contributed by atoms with E-state index in [1.165, 1.54) is 0 Å². The standard InChI is InChI=1S/C23H16N2OS/c26-21-14-18-17(15-7-3-1-4-8-15)13-20(16-9-5-2-6-10-16)25-22(18)23-19(24-21)11-12-27-23/h1-13H,14H2,(H,24,26). The third-order valence-electron chi connectivity index (χ3n) is 4.77. The maximum Gasteiger partial charge on any atom is 0.228 e. The van der Waals surface area contributed by atoms with E-state index in [4.69, 9.17) is 4.98 Å². The molecular weight excluding hydrogens is 352 g/mol. The molecule has 2 aromatic carbocycles. The van der Waals surface area contributed by atoms with Crippen LogP contribution in [0.5, 0.6) is 0 Å². The first-order valence-electron chi connectivity index (χ1n) is 8.82. The third kappa shape index (κ3) is 2.84. The van der Waals surface area contributed by atoms with Gasteiger partial charge in [-0.2, -0.15) is 0 Å². The summed E-state index contributed by atoms with van der Waals surface area (Å²) in [5.41, 5.74) is 6.89. The van der Waals surface area contributed by atoms with Gasteiger partial charge in [0.25, 0.3) is 0 Å². The summed E-state index contributed by atoms with van der Waals surface area (Å²) in [6.07, 6.45) is 0.322. The van der Waals surface area contributed by atoms with Crippen LogP contribution in [0.15, 0.2) is 78.2 Å². The van der Waals surface area contributed by atoms with Gasteiger partial charge < -0.3 is 5.32 Å². The molecule has 1 aliphatic heterocycles. The molecular formula is C23H16N2OS. The molecule has 3 heterocycles. The van der Waals surface area contributed by atoms with Gasteiger partial charge in [-0.1, -0.05) is 60.7 Å². The van der Waals surface area contributed by atoms with Gasteiger partial charge in [0.2, 0.25) is 5.91 Å². The molecule has 0 radical (unpaired) electrons. The Morgan fingerprint density at radius 2 is 1.59 bits per heavy atom. The van der Waals surface area contributed by atoms with Crippen LogP contribution in [-0.2, 0) is 11.2 Å². The molecule has 0 unspecified atom stereocenters. The Hall–Kier alpha value is -3.24. The number of nitrogens with zero attached hydrogens (tertiary/aromatic N) is 1. The van der Waals surface area contributed by atoms with Crippen molar-refractivity contribution in [1.82, 2.24) is 4.98 Å². The molecule has 1 amide bonds. The van der Waals surface area contributed by atoms with Crippen LogP contribution in [0.1, 0.15) is 5.56 Å². The number of aromatic nitrogens is 1. The van der Waals surface area contributed by atoms with Crippen molar-refractivity contribution in [1.29, 1.82) is 0 Å². The summed E-state index contributed by atoms with van der Waals surface area (Å²) in [5, 5.41) is 5.02. The largest absolute Gasteiger partial charge is 0.324 e. The summed E-state index contributed by atoms with van der Waals surface area (Å²) in [5.74, 6) is -0.000146. The molecule has 0 atom stereocenters. The molecule has 0 aliphatic carbocycles. The fraction of sp³-hybridized carbons (Fsp3) is 0.0435. The number of amides is 1. The molecule has 0 saturated heterocycles. The molecule has 27 heavy (non-hydrogen) atoms. The van der Waals surface area contributed by atoms with Crippen molar-refractivity contribution in [2.45, 2.75) is 6.42 Å². The minimum absolute atomic E-state index is 0.000146. The number of thiophene rings is 1. The lowest BCUT2D eigenvalue weighted by Gasteiger charge is -2.14. The van der Waals surface area contributed by atoms with Crippen LogP contribution in [0.2, 0.25) is 0 Å². The summed E-state index contributed by atoms with van der Waals surface area (Å²) in [4.78, 5) is 18.5. The first kappa shape index (κ1) is 16.0. The van der Waals surface area contributed by atoms with Crippen LogP contribution in [0.3, 0.4) is 0 Å². The number of fused-ring (bicyclic) bond motifs is 3. The van der Waals surface area contributed by atoms with Gasteiger partial charge in [-0.15, -0.1) is 11.3 Å². The van der Waals surface area contributed by atoms with E-state index in [-0.39, 0.29) is 5.91 Å². The molecule has 4 heteroatoms. The first-order chi connectivity index (χ1) is 13.3. The van der Waals surface area contributed by atoms with E-state index in [1.54, 1.807) is 11.3 Å². The summed E-state index contributed by atoms with van der Waals surface area (Å²) < 4.78 is 0. The quantitative estimate of drug-likeness (QED) is 0.497. The van der Waals surface area contributed by atoms with Gasteiger partial charge in [-0.25, -0.2) is 4.98 Å². The number of rotatable bonds is 2. The van der Waals surface area contributed by atoms with E-state index in [0.717, 1.165) is 44.2 Å². The minimum atomic E-state index is -0.000146. The zero-order valence-electron chi connectivity index (χ0n) is 14.5. The van der Waals surface area contributed by atoms with Crippen molar-refractivity contribution >= 4 is 22.9 Å². The van der Waals surface area contributed by atoms with Gasteiger partial charge >= 0.3 is 0 Å². The highest BCUT2D eigenvalue weighted by molar-refractivity contribution is 7.14. The van der Waals surface area contributed by atoms with Crippen LogP contribution in [-0.4, -0.2) is 10.9 Å². The van der Waals surface area contributed by atoms with Crippen LogP contribution in [0, 0.1) is 0 Å². The summed E-state index contributed by atoms with van der Waals surface area (Å²) >= 11 is 1.61. The fourth-order valence-corrected chi connectivity index (χ4v) is 4.38. The average Bonchev–Trinajstić information content (AvgIpc) is 3.12. The molecule has 0 spiro atoms. The third-order valence-corrected chi connectivity index (χ3v) is 5.69. The second-order valence-electron chi connectivity index (χ2n) is 6.50. The second-order valence-corrected chi connectivity index (χ2v) is 7.42. The summed E-state index contributed by atoms with van der Waals surface area (Å²) in [7, 11) is 0. The SMILES string of the molecule is O=C1Cc2c(-c3ccccc3)cc(-c3ccccc3)nc2-c2sccc2N1. The predicted octanol–water partition coefficient (Wildman–Crippen LogP) is 5.64. The highest BCUT2D eigenvalue weighted by Crippen LogP contribution is 2.42. The number of hydrogen-bond acceptors (Lipinski definition) is 3. The maximum atomic E-state index is 12.5. The number of anilines is 1. The molecule has 1 aliphatic rings. The molecule has 1 N–H and O–H groups in total. The van der Waals surface area contributed by atoms with E-state index < -0.39 is 0 Å². The van der Waals surface area contributed by atoms with Crippen LogP contribution in [0.25, 0.3) is 33.0 Å². The van der Waals surface area contributed by atoms with Crippen molar-refractivity contribution in [3.05, 3.63) is 83.7 Å². The Bertz CT molecular complexity index is 1130. The lowest BCUT2D eigenvalue weighted by Crippen LogP contribution is -2.13. The van der Waals surface area contributed by atoms with E-state index in [0.29, 0.717) is 6.42 Å². The lowest BCUT2D eigenvalue weighted by molar-refractivity contribution is -0.115. The second kappa shape index (κ2) is 6.49. The highest BCUT2D eigenvalue weighted by Gasteiger charge is 2.25. The molecule has 2 aromatic heterocycles. The van der Waals surface area contributed by atoms with Gasteiger partial charge in [0.1, 0.15) is 0 Å². The Kier molecular flexibility index (Phi) is 3.84. The van der Waals surface area contributed by atoms with Crippen molar-refractivity contribution in [2.75, 3.05) is 5.32 Å². The average molecular weight is 368 g/mol. The van der Waals surface area contributed by atoms with Gasteiger partial charge in [-0.05, 0) is 34.2 Å². The van der Waals surface area contributed by atoms with E-state index in [9.17, 15) is 4.79 Å². The Morgan fingerprint density at radius 1 is 0.889 bits per heavy atom. The van der Waals surface area contributed by atoms with Crippen LogP contribution in [0.4, 0.5) is 5.69 Å². The zero-order valence-corrected chi connectivity index (χ0v) is 15.3. The summed E-state index contributed by atoms with van der Waals surface area (Å²) in [6.45, 7) is 0. The van der Waals surface area contributed by atoms with Gasteiger partial charge in [0.15, 0.2) is 0 Å². The van der Waals surface area contributed by atoms with E-state index in [2.05, 4.69) is 35.6 Å². The minimum Gasteiger partial charge on any atom is -0.324 e. The lowest BCUT2D eigenvalue weighted by atomic mass is 9.94. The van der Waals surface area contributed by atoms with Crippen LogP contribution < -0.4 is 5.32 Å². The van der Waals surface area contributed by atoms with Crippen molar-refractivity contribution in [2.24, 2.45) is 0 Å². The highest BCUT2D eigenvalue weighted by atomic mass is 32.1. The summed E-state index contributed by atoms with van der Waals surface area (Å²) in [6, 6.07) is 24.5. The number of benzene rings is 2. The Morgan fingerprint density at radius 3 is 2.33 bits per heavy atom. The number of carbonyl (C=O) groups excluding carboxylic acids is 1. The maximum absolute atomic E-state index is 12.5. The molecule has 5 rings (SSSR count). The predicted molar refractivity (Wildman–Crippen MR) is 111 cm³/mol. The first-order valence-corrected chi connectivity index (χ1v) is 9.70. The fourth-order valence-electron chi connectivity index (χ4n) is 3.52. The van der Waals surface area contributed by atoms with E-state index in [1.807, 2.05) is 47.8 Å². The molecule has 0 bridgehead atoms. The topological polar surface area (TPSA) is 42.0 Å². The van der Waals surface area contributed by atoms with Gasteiger partial charge in [-0.3, -0.25) is 4.79 Å². The number of nitrogens with one attached hydrogen (secondary N) is 1. The number of hydrogen-bond donors (Lipinski definition) is 1. The zero-order chi connectivity index (χ0) is 18.2. The Labute approximate surface area is 161 Å². The van der Waals surface area contributed by atoms with E-state index >= 15 is 0 Å². The normalized spacial score (nSPS) is 12.7. The molecule has 130 valence electrons. The molecule has 3 nitrogen and oxygen atoms in total. The van der Waals surface area contributed by atoms with Crippen molar-refractivity contribution in [3.63, 3.8) is 0 Å². The molecule has 4 aromatic rings. The Balaban J connectivity index is 1.84. The van der Waals surface area contributed by atoms with Crippen molar-refractivity contribution < 1.29 is 4.79 Å². The van der Waals surface area contributed by atoms with Gasteiger partial charge in [0.05, 0.1) is 28.4 Å². The molecule has 0 saturated carbocycles. The number of pyridine rings is 1. The van der Waals surface area contributed by atoms with Gasteiger partial charge in [0, 0.05) is 5.56 Å². The van der Waals surface area contributed by atoms with Crippen molar-refractivity contribution in [3.8, 4) is 33.0 Å². The number of carbonyl (C=O) groups is 1. The molecule has 0 fully saturated rings. The monoisotopic (exact) mass is 368 g/mol. The smallest absolute Gasteiger partial charge is 0.228 e.